The lowest BCUT2D eigenvalue weighted by atomic mass is 9.93. The maximum atomic E-state index is 6.88. The van der Waals surface area contributed by atoms with Crippen LogP contribution in [0.15, 0.2) is 494 Å². The van der Waals surface area contributed by atoms with Gasteiger partial charge in [0.25, 0.3) is 0 Å². The predicted molar refractivity (Wildman–Crippen MR) is 540 cm³/mol. The number of fused-ring (bicyclic) bond motifs is 10. The second kappa shape index (κ2) is 31.8. The van der Waals surface area contributed by atoms with E-state index >= 15 is 0 Å². The van der Waals surface area contributed by atoms with E-state index < -0.39 is 0 Å². The summed E-state index contributed by atoms with van der Waals surface area (Å²) >= 11 is 0. The van der Waals surface area contributed by atoms with Crippen LogP contribution in [-0.2, 0) is 0 Å². The normalized spacial score (nSPS) is 11.6. The van der Waals surface area contributed by atoms with Crippen molar-refractivity contribution in [2.45, 2.75) is 0 Å². The lowest BCUT2D eigenvalue weighted by molar-refractivity contribution is 0.668. The van der Waals surface area contributed by atoms with Crippen LogP contribution in [0.4, 0.5) is 34.1 Å². The summed E-state index contributed by atoms with van der Waals surface area (Å²) in [5, 5.41) is 14.1. The highest BCUT2D eigenvalue weighted by atomic mass is 16.3. The minimum Gasteiger partial charge on any atom is -0.456 e. The van der Waals surface area contributed by atoms with Crippen LogP contribution in [0.5, 0.6) is 0 Å². The molecule has 0 fully saturated rings. The number of para-hydroxylation sites is 3. The molecule has 0 spiro atoms. The largest absolute Gasteiger partial charge is 0.456 e. The molecule has 0 saturated carbocycles. The Morgan fingerprint density at radius 3 is 0.859 bits per heavy atom. The molecule has 0 aliphatic heterocycles. The number of nitrogens with zero attached hydrogens (tertiary/aromatic N) is 2. The zero-order valence-electron chi connectivity index (χ0n) is 69.9. The van der Waals surface area contributed by atoms with Gasteiger partial charge in [0.05, 0.1) is 11.4 Å². The van der Waals surface area contributed by atoms with Gasteiger partial charge in [0.15, 0.2) is 0 Å². The van der Waals surface area contributed by atoms with Crippen LogP contribution in [0.1, 0.15) is 0 Å². The molecule has 0 aliphatic rings. The predicted octanol–water partition coefficient (Wildman–Crippen LogP) is 35.4. The Hall–Kier alpha value is -16.9. The van der Waals surface area contributed by atoms with Crippen molar-refractivity contribution >= 4 is 121 Å². The van der Waals surface area contributed by atoms with E-state index in [-0.39, 0.29) is 0 Å². The summed E-state index contributed by atoms with van der Waals surface area (Å²) in [7, 11) is 0. The molecule has 0 aliphatic carbocycles. The maximum Gasteiger partial charge on any atom is 0.136 e. The van der Waals surface area contributed by atoms with Gasteiger partial charge in [0.1, 0.15) is 22.3 Å². The molecular weight excluding hydrogens is 1550 g/mol. The molecule has 598 valence electrons. The molecule has 22 aromatic carbocycles. The van der Waals surface area contributed by atoms with Gasteiger partial charge in [0.2, 0.25) is 0 Å². The Bertz CT molecular complexity index is 8380. The SMILES string of the molecule is c1cc(-c2ccc(-c3cccc4ccccc34)cc2)cc(N(c2ccc(-c3ccc(-c4cccc5ccccc45)cc3)cc2)c2ccccc2-c2cccc3oc4ccc(-c5ccc6c(-c7ccc(-c8ccc(N(c9ccc(-c%10ccc(-c%11cccc%12ccccc%11%12)cc%10)cc9)c9ccccc9-c9cccc%10oc%11ccccc%11c9%10)cc8)cc7)cccc6c5)cc4c23)c1. The zero-order valence-corrected chi connectivity index (χ0v) is 69.9. The molecule has 0 N–H and O–H groups in total. The molecule has 24 rings (SSSR count). The monoisotopic (exact) mass is 1630 g/mol. The highest BCUT2D eigenvalue weighted by molar-refractivity contribution is 6.17. The van der Waals surface area contributed by atoms with Crippen molar-refractivity contribution in [3.63, 3.8) is 0 Å². The highest BCUT2D eigenvalue weighted by Crippen LogP contribution is 2.50. The van der Waals surface area contributed by atoms with Crippen LogP contribution in [-0.4, -0.2) is 0 Å². The van der Waals surface area contributed by atoms with E-state index in [4.69, 9.17) is 8.83 Å². The third-order valence-corrected chi connectivity index (χ3v) is 25.9. The smallest absolute Gasteiger partial charge is 0.136 e. The number of anilines is 6. The average molecular weight is 1630 g/mol. The van der Waals surface area contributed by atoms with Crippen molar-refractivity contribution in [3.8, 4) is 122 Å². The van der Waals surface area contributed by atoms with Crippen LogP contribution >= 0.6 is 0 Å². The van der Waals surface area contributed by atoms with Crippen molar-refractivity contribution in [2.24, 2.45) is 0 Å². The Morgan fingerprint density at radius 1 is 0.133 bits per heavy atom. The van der Waals surface area contributed by atoms with E-state index in [9.17, 15) is 0 Å². The summed E-state index contributed by atoms with van der Waals surface area (Å²) in [5.41, 5.74) is 35.0. The second-order valence-electron chi connectivity index (χ2n) is 33.3. The van der Waals surface area contributed by atoms with E-state index in [1.807, 2.05) is 6.07 Å². The number of benzene rings is 22. The Kier molecular flexibility index (Phi) is 18.6. The molecule has 0 amide bonds. The maximum absolute atomic E-state index is 6.88. The number of hydrogen-bond acceptors (Lipinski definition) is 4. The first-order valence-corrected chi connectivity index (χ1v) is 43.9. The van der Waals surface area contributed by atoms with Gasteiger partial charge in [-0.3, -0.25) is 0 Å². The molecule has 2 aromatic heterocycles. The van der Waals surface area contributed by atoms with Crippen molar-refractivity contribution in [3.05, 3.63) is 485 Å². The summed E-state index contributed by atoms with van der Waals surface area (Å²) in [6, 6.07) is 177. The van der Waals surface area contributed by atoms with Gasteiger partial charge >= 0.3 is 0 Å². The summed E-state index contributed by atoms with van der Waals surface area (Å²) in [6.45, 7) is 0. The fraction of sp³-hybridized carbons (Fsp3) is 0. The standard InChI is InChI=1S/C124H80N2O2/c1-4-29-103-88(20-1)23-14-35-106(103)91-54-46-81(47-55-91)84-62-70-99(71-63-84)125(117-41-10-7-32-111(117)113-39-18-44-121-123(113)115-34-9-12-43-119(115)127-121)100-72-64-85(65-73-100)83-50-58-94(59-51-83)109-38-17-27-98-78-96(68-76-110(98)109)97-69-77-120-116(80-97)124-114(40-19-45-122(124)128-120)112-33-8-11-42-118(112)126(101-74-66-86(67-75-101)82-48-56-92(57-49-82)107-36-15-24-89-21-2-5-30-104(89)107)102-28-13-26-95(79-102)87-52-60-93(61-53-87)108-37-16-25-90-22-3-6-31-105(90)108/h1-80H. The van der Waals surface area contributed by atoms with Crippen molar-refractivity contribution in [1.82, 2.24) is 0 Å². The second-order valence-corrected chi connectivity index (χ2v) is 33.3. The van der Waals surface area contributed by atoms with E-state index in [1.165, 1.54) is 82.0 Å². The Labute approximate surface area is 742 Å². The van der Waals surface area contributed by atoms with Gasteiger partial charge in [0, 0.05) is 55.4 Å². The Morgan fingerprint density at radius 2 is 0.406 bits per heavy atom. The number of rotatable bonds is 17. The van der Waals surface area contributed by atoms with E-state index in [1.54, 1.807) is 0 Å². The molecule has 0 atom stereocenters. The van der Waals surface area contributed by atoms with Gasteiger partial charge in [-0.05, 0) is 251 Å². The van der Waals surface area contributed by atoms with Gasteiger partial charge in [-0.1, -0.05) is 388 Å². The molecule has 4 heteroatoms. The Balaban J connectivity index is 0.538. The molecule has 24 aromatic rings. The van der Waals surface area contributed by atoms with Crippen LogP contribution in [0.3, 0.4) is 0 Å². The molecule has 0 radical (unpaired) electrons. The third kappa shape index (κ3) is 13.5. The van der Waals surface area contributed by atoms with Crippen LogP contribution in [0.25, 0.3) is 209 Å². The molecule has 128 heavy (non-hydrogen) atoms. The minimum absolute atomic E-state index is 0.833. The first-order valence-electron chi connectivity index (χ1n) is 43.9. The number of hydrogen-bond donors (Lipinski definition) is 0. The van der Waals surface area contributed by atoms with Crippen LogP contribution in [0, 0.1) is 0 Å². The molecule has 4 nitrogen and oxygen atoms in total. The van der Waals surface area contributed by atoms with Crippen LogP contribution in [0.2, 0.25) is 0 Å². The van der Waals surface area contributed by atoms with Crippen molar-refractivity contribution in [1.29, 1.82) is 0 Å². The molecular formula is C124H80N2O2. The van der Waals surface area contributed by atoms with Crippen LogP contribution < -0.4 is 9.80 Å². The summed E-state index contributed by atoms with van der Waals surface area (Å²) in [6.07, 6.45) is 0. The minimum atomic E-state index is 0.833. The first kappa shape index (κ1) is 74.9. The quantitative estimate of drug-likeness (QED) is 0.0910. The lowest BCUT2D eigenvalue weighted by Crippen LogP contribution is -2.11. The summed E-state index contributed by atoms with van der Waals surface area (Å²) in [5.74, 6) is 0. The van der Waals surface area contributed by atoms with E-state index in [2.05, 4.69) is 489 Å². The van der Waals surface area contributed by atoms with Crippen molar-refractivity contribution in [2.75, 3.05) is 9.80 Å². The zero-order chi connectivity index (χ0) is 84.5. The van der Waals surface area contributed by atoms with E-state index in [0.717, 1.165) is 161 Å². The highest BCUT2D eigenvalue weighted by Gasteiger charge is 2.25. The third-order valence-electron chi connectivity index (χ3n) is 25.9. The molecule has 0 saturated heterocycles. The van der Waals surface area contributed by atoms with Gasteiger partial charge in [-0.2, -0.15) is 0 Å². The summed E-state index contributed by atoms with van der Waals surface area (Å²) < 4.78 is 13.4. The molecule has 0 bridgehead atoms. The lowest BCUT2D eigenvalue weighted by Gasteiger charge is -2.28. The van der Waals surface area contributed by atoms with E-state index in [0.29, 0.717) is 0 Å². The average Bonchev–Trinajstić information content (AvgIpc) is 1.56. The van der Waals surface area contributed by atoms with Gasteiger partial charge in [-0.15, -0.1) is 0 Å². The fourth-order valence-corrected chi connectivity index (χ4v) is 19.6. The van der Waals surface area contributed by atoms with Gasteiger partial charge in [-0.25, -0.2) is 0 Å². The topological polar surface area (TPSA) is 32.8 Å². The first-order chi connectivity index (χ1) is 63.4. The number of furan rings is 2. The molecule has 2 heterocycles. The molecule has 0 unspecified atom stereocenters. The van der Waals surface area contributed by atoms with Gasteiger partial charge < -0.3 is 18.6 Å². The van der Waals surface area contributed by atoms with Crippen molar-refractivity contribution < 1.29 is 8.83 Å². The summed E-state index contributed by atoms with van der Waals surface area (Å²) in [4.78, 5) is 4.82. The fourth-order valence-electron chi connectivity index (χ4n) is 19.6.